The summed E-state index contributed by atoms with van der Waals surface area (Å²) in [5.41, 5.74) is 0. The number of nitrogens with one attached hydrogen (secondary N) is 1. The van der Waals surface area contributed by atoms with E-state index in [1.807, 2.05) is 0 Å². The minimum Gasteiger partial charge on any atom is -0.394 e. The molecule has 1 aliphatic heterocycles. The fraction of sp³-hybridized carbons (Fsp3) is 0.889. The lowest BCUT2D eigenvalue weighted by atomic mass is 9.97. The van der Waals surface area contributed by atoms with Crippen molar-refractivity contribution in [2.45, 2.75) is 37.6 Å². The van der Waals surface area contributed by atoms with Crippen molar-refractivity contribution < 1.29 is 37.5 Å². The van der Waals surface area contributed by atoms with Crippen LogP contribution >= 0.6 is 0 Å². The molecule has 0 saturated carbocycles. The summed E-state index contributed by atoms with van der Waals surface area (Å²) in [4.78, 5) is 10.9. The molecule has 1 heterocycles. The van der Waals surface area contributed by atoms with Gasteiger partial charge in [-0.05, 0) is 0 Å². The Labute approximate surface area is 110 Å². The van der Waals surface area contributed by atoms with E-state index in [1.165, 1.54) is 0 Å². The highest BCUT2D eigenvalue weighted by Crippen LogP contribution is 2.23. The monoisotopic (exact) mass is 299 g/mol. The van der Waals surface area contributed by atoms with Gasteiger partial charge in [-0.2, -0.15) is 8.42 Å². The minimum absolute atomic E-state index is 0.549. The SMILES string of the molecule is CC(=O)NC1C(O)OC(CO)C(OS(C)(=O)=O)C1O. The fourth-order valence-corrected chi connectivity index (χ4v) is 2.43. The zero-order chi connectivity index (χ0) is 14.8. The highest BCUT2D eigenvalue weighted by molar-refractivity contribution is 7.86. The van der Waals surface area contributed by atoms with Crippen molar-refractivity contribution in [1.29, 1.82) is 0 Å². The van der Waals surface area contributed by atoms with E-state index < -0.39 is 53.3 Å². The minimum atomic E-state index is -3.91. The summed E-state index contributed by atoms with van der Waals surface area (Å²) in [6.45, 7) is 0.491. The van der Waals surface area contributed by atoms with Crippen molar-refractivity contribution in [3.63, 3.8) is 0 Å². The summed E-state index contributed by atoms with van der Waals surface area (Å²) in [5.74, 6) is -0.549. The molecule has 0 aromatic rings. The van der Waals surface area contributed by atoms with Crippen LogP contribution in [-0.2, 0) is 23.8 Å². The van der Waals surface area contributed by atoms with Gasteiger partial charge >= 0.3 is 0 Å². The first-order valence-electron chi connectivity index (χ1n) is 5.43. The maximum atomic E-state index is 11.1. The first-order valence-corrected chi connectivity index (χ1v) is 7.25. The van der Waals surface area contributed by atoms with Crippen LogP contribution in [0.4, 0.5) is 0 Å². The topological polar surface area (TPSA) is 142 Å². The molecule has 0 aromatic carbocycles. The maximum Gasteiger partial charge on any atom is 0.264 e. The number of hydrogen-bond donors (Lipinski definition) is 4. The number of rotatable bonds is 4. The van der Waals surface area contributed by atoms with Crippen LogP contribution in [0.2, 0.25) is 0 Å². The van der Waals surface area contributed by atoms with Gasteiger partial charge in [-0.25, -0.2) is 0 Å². The molecule has 4 N–H and O–H groups in total. The number of hydrogen-bond acceptors (Lipinski definition) is 8. The quantitative estimate of drug-likeness (QED) is 0.400. The van der Waals surface area contributed by atoms with Crippen LogP contribution in [0.15, 0.2) is 0 Å². The van der Waals surface area contributed by atoms with Crippen LogP contribution < -0.4 is 5.32 Å². The molecule has 10 heteroatoms. The van der Waals surface area contributed by atoms with Gasteiger partial charge in [0.05, 0.1) is 12.9 Å². The molecule has 0 spiro atoms. The van der Waals surface area contributed by atoms with Crippen molar-refractivity contribution in [2.24, 2.45) is 0 Å². The van der Waals surface area contributed by atoms with Crippen LogP contribution in [0.1, 0.15) is 6.92 Å². The highest BCUT2D eigenvalue weighted by Gasteiger charge is 2.47. The third-order valence-corrected chi connectivity index (χ3v) is 3.10. The standard InChI is InChI=1S/C9H17NO8S/c1-4(12)10-6-7(13)8(18-19(2,15)16)5(3-11)17-9(6)14/h5-9,11,13-14H,3H2,1-2H3,(H,10,12). The van der Waals surface area contributed by atoms with Gasteiger partial charge in [-0.3, -0.25) is 8.98 Å². The molecular weight excluding hydrogens is 282 g/mol. The summed E-state index contributed by atoms with van der Waals surface area (Å²) in [7, 11) is -3.91. The predicted octanol–water partition coefficient (Wildman–Crippen LogP) is -3.09. The average molecular weight is 299 g/mol. The second-order valence-corrected chi connectivity index (χ2v) is 5.83. The number of carbonyl (C=O) groups is 1. The molecule has 0 bridgehead atoms. The lowest BCUT2D eigenvalue weighted by Crippen LogP contribution is -2.64. The maximum absolute atomic E-state index is 11.1. The van der Waals surface area contributed by atoms with Gasteiger partial charge in [0.1, 0.15) is 24.4 Å². The van der Waals surface area contributed by atoms with Crippen molar-refractivity contribution in [2.75, 3.05) is 12.9 Å². The third-order valence-electron chi connectivity index (χ3n) is 2.53. The molecule has 19 heavy (non-hydrogen) atoms. The van der Waals surface area contributed by atoms with E-state index in [9.17, 15) is 23.4 Å². The molecule has 1 aliphatic rings. The molecule has 5 atom stereocenters. The zero-order valence-electron chi connectivity index (χ0n) is 10.4. The molecule has 0 aliphatic carbocycles. The molecule has 1 fully saturated rings. The Morgan fingerprint density at radius 1 is 1.42 bits per heavy atom. The van der Waals surface area contributed by atoms with E-state index in [2.05, 4.69) is 9.50 Å². The Morgan fingerprint density at radius 3 is 2.42 bits per heavy atom. The number of aliphatic hydroxyl groups is 3. The smallest absolute Gasteiger partial charge is 0.264 e. The third kappa shape index (κ3) is 4.37. The van der Waals surface area contributed by atoms with Crippen LogP contribution in [0.25, 0.3) is 0 Å². The van der Waals surface area contributed by atoms with Crippen LogP contribution in [0, 0.1) is 0 Å². The second-order valence-electron chi connectivity index (χ2n) is 4.23. The van der Waals surface area contributed by atoms with E-state index in [4.69, 9.17) is 9.84 Å². The van der Waals surface area contributed by atoms with Gasteiger partial charge in [0.2, 0.25) is 5.91 Å². The Morgan fingerprint density at radius 2 is 2.00 bits per heavy atom. The normalized spacial score (nSPS) is 35.9. The molecule has 1 rings (SSSR count). The van der Waals surface area contributed by atoms with Gasteiger partial charge < -0.3 is 25.4 Å². The van der Waals surface area contributed by atoms with Gasteiger partial charge in [0, 0.05) is 6.92 Å². The van der Waals surface area contributed by atoms with Crippen LogP contribution in [-0.4, -0.2) is 73.2 Å². The largest absolute Gasteiger partial charge is 0.394 e. The van der Waals surface area contributed by atoms with Crippen molar-refractivity contribution in [1.82, 2.24) is 5.32 Å². The first-order chi connectivity index (χ1) is 8.65. The zero-order valence-corrected chi connectivity index (χ0v) is 11.2. The molecule has 0 aromatic heterocycles. The van der Waals surface area contributed by atoms with E-state index in [0.29, 0.717) is 0 Å². The predicted molar refractivity (Wildman–Crippen MR) is 61.3 cm³/mol. The van der Waals surface area contributed by atoms with Gasteiger partial charge in [0.25, 0.3) is 10.1 Å². The summed E-state index contributed by atoms with van der Waals surface area (Å²) in [6, 6.07) is -1.26. The van der Waals surface area contributed by atoms with E-state index >= 15 is 0 Å². The molecular formula is C9H17NO8S. The lowest BCUT2D eigenvalue weighted by Gasteiger charge is -2.41. The van der Waals surface area contributed by atoms with Crippen LogP contribution in [0.3, 0.4) is 0 Å². The number of ether oxygens (including phenoxy) is 1. The first kappa shape index (κ1) is 16.3. The van der Waals surface area contributed by atoms with Gasteiger partial charge in [0.15, 0.2) is 6.29 Å². The molecule has 1 saturated heterocycles. The molecule has 5 unspecified atom stereocenters. The van der Waals surface area contributed by atoms with E-state index in [0.717, 1.165) is 13.2 Å². The summed E-state index contributed by atoms with van der Waals surface area (Å²) in [6.07, 6.45) is -5.04. The Hall–Kier alpha value is -0.780. The number of amides is 1. The van der Waals surface area contributed by atoms with Crippen LogP contribution in [0.5, 0.6) is 0 Å². The van der Waals surface area contributed by atoms with Gasteiger partial charge in [-0.15, -0.1) is 0 Å². The van der Waals surface area contributed by atoms with E-state index in [1.54, 1.807) is 0 Å². The lowest BCUT2D eigenvalue weighted by molar-refractivity contribution is -0.247. The molecule has 1 amide bonds. The Balaban J connectivity index is 2.94. The van der Waals surface area contributed by atoms with Gasteiger partial charge in [-0.1, -0.05) is 0 Å². The average Bonchev–Trinajstić information content (AvgIpc) is 2.26. The van der Waals surface area contributed by atoms with Crippen molar-refractivity contribution in [3.05, 3.63) is 0 Å². The highest BCUT2D eigenvalue weighted by atomic mass is 32.2. The number of aliphatic hydroxyl groups excluding tert-OH is 3. The molecule has 0 radical (unpaired) electrons. The summed E-state index contributed by atoms with van der Waals surface area (Å²) in [5, 5.41) is 30.8. The van der Waals surface area contributed by atoms with E-state index in [-0.39, 0.29) is 0 Å². The number of carbonyl (C=O) groups excluding carboxylic acids is 1. The van der Waals surface area contributed by atoms with Crippen molar-refractivity contribution in [3.8, 4) is 0 Å². The van der Waals surface area contributed by atoms with Crippen molar-refractivity contribution >= 4 is 16.0 Å². The summed E-state index contributed by atoms with van der Waals surface area (Å²) < 4.78 is 31.7. The second kappa shape index (κ2) is 6.11. The Kier molecular flexibility index (Phi) is 5.24. The molecule has 112 valence electrons. The molecule has 9 nitrogen and oxygen atoms in total. The fourth-order valence-electron chi connectivity index (χ4n) is 1.79. The summed E-state index contributed by atoms with van der Waals surface area (Å²) >= 11 is 0. The Bertz CT molecular complexity index is 424.